The summed E-state index contributed by atoms with van der Waals surface area (Å²) < 4.78 is 5.23. The number of halogens is 1. The second-order valence-corrected chi connectivity index (χ2v) is 5.41. The third-order valence-corrected chi connectivity index (χ3v) is 4.18. The Kier molecular flexibility index (Phi) is 4.51. The molecule has 1 aliphatic rings. The number of hydrogen-bond acceptors (Lipinski definition) is 3. The zero-order valence-electron chi connectivity index (χ0n) is 11.4. The van der Waals surface area contributed by atoms with Gasteiger partial charge in [0.2, 0.25) is 5.91 Å². The van der Waals surface area contributed by atoms with E-state index in [0.29, 0.717) is 23.6 Å². The van der Waals surface area contributed by atoms with E-state index in [9.17, 15) is 10.1 Å². The first-order valence-electron chi connectivity index (χ1n) is 6.64. The van der Waals surface area contributed by atoms with Gasteiger partial charge in [-0.25, -0.2) is 0 Å². The van der Waals surface area contributed by atoms with Crippen molar-refractivity contribution in [2.24, 2.45) is 5.41 Å². The summed E-state index contributed by atoms with van der Waals surface area (Å²) in [6, 6.07) is 7.52. The molecular formula is C15H17ClN2O2. The van der Waals surface area contributed by atoms with Crippen LogP contribution in [0, 0.1) is 16.7 Å². The monoisotopic (exact) mass is 292 g/mol. The van der Waals surface area contributed by atoms with Crippen molar-refractivity contribution in [2.45, 2.75) is 32.2 Å². The molecule has 0 radical (unpaired) electrons. The van der Waals surface area contributed by atoms with Crippen molar-refractivity contribution in [3.8, 4) is 11.8 Å². The summed E-state index contributed by atoms with van der Waals surface area (Å²) in [6.45, 7) is 0.269. The molecule has 0 atom stereocenters. The highest BCUT2D eigenvalue weighted by Gasteiger charge is 2.41. The van der Waals surface area contributed by atoms with Crippen molar-refractivity contribution in [1.29, 1.82) is 5.26 Å². The average molecular weight is 293 g/mol. The maximum atomic E-state index is 12.3. The first-order valence-corrected chi connectivity index (χ1v) is 7.02. The van der Waals surface area contributed by atoms with Gasteiger partial charge in [-0.3, -0.25) is 4.79 Å². The van der Waals surface area contributed by atoms with E-state index in [1.165, 1.54) is 0 Å². The molecule has 5 heteroatoms. The quantitative estimate of drug-likeness (QED) is 0.928. The van der Waals surface area contributed by atoms with Crippen LogP contribution < -0.4 is 10.1 Å². The van der Waals surface area contributed by atoms with E-state index in [-0.39, 0.29) is 12.5 Å². The number of nitriles is 1. The maximum absolute atomic E-state index is 12.3. The van der Waals surface area contributed by atoms with Crippen LogP contribution >= 0.6 is 11.6 Å². The summed E-state index contributed by atoms with van der Waals surface area (Å²) in [7, 11) is 1.56. The summed E-state index contributed by atoms with van der Waals surface area (Å²) in [5.74, 6) is 0.426. The van der Waals surface area contributed by atoms with Crippen molar-refractivity contribution in [3.63, 3.8) is 0 Å². The average Bonchev–Trinajstić information content (AvgIpc) is 2.95. The molecule has 2 rings (SSSR count). The summed E-state index contributed by atoms with van der Waals surface area (Å²) in [6.07, 6.45) is 3.12. The van der Waals surface area contributed by atoms with Crippen molar-refractivity contribution in [1.82, 2.24) is 5.32 Å². The molecule has 0 unspecified atom stereocenters. The van der Waals surface area contributed by atoms with Gasteiger partial charge in [-0.05, 0) is 25.0 Å². The summed E-state index contributed by atoms with van der Waals surface area (Å²) in [5.41, 5.74) is -0.134. The van der Waals surface area contributed by atoms with Gasteiger partial charge in [0.25, 0.3) is 0 Å². The van der Waals surface area contributed by atoms with E-state index in [0.717, 1.165) is 18.4 Å². The van der Waals surface area contributed by atoms with Crippen LogP contribution in [0.3, 0.4) is 0 Å². The van der Waals surface area contributed by atoms with Gasteiger partial charge in [-0.15, -0.1) is 0 Å². The molecule has 1 amide bonds. The number of ether oxygens (including phenoxy) is 1. The van der Waals surface area contributed by atoms with Gasteiger partial charge in [0, 0.05) is 17.1 Å². The van der Waals surface area contributed by atoms with E-state index >= 15 is 0 Å². The third-order valence-electron chi connectivity index (χ3n) is 3.83. The van der Waals surface area contributed by atoms with Crippen LogP contribution in [0.25, 0.3) is 0 Å². The highest BCUT2D eigenvalue weighted by molar-refractivity contribution is 6.31. The van der Waals surface area contributed by atoms with E-state index in [1.807, 2.05) is 0 Å². The second-order valence-electron chi connectivity index (χ2n) is 5.00. The molecule has 20 heavy (non-hydrogen) atoms. The van der Waals surface area contributed by atoms with Gasteiger partial charge in [0.15, 0.2) is 0 Å². The molecule has 1 N–H and O–H groups in total. The zero-order valence-corrected chi connectivity index (χ0v) is 12.2. The second kappa shape index (κ2) is 6.15. The number of carbonyl (C=O) groups is 1. The van der Waals surface area contributed by atoms with Gasteiger partial charge < -0.3 is 10.1 Å². The Morgan fingerprint density at radius 3 is 2.80 bits per heavy atom. The lowest BCUT2D eigenvalue weighted by Gasteiger charge is -2.20. The minimum Gasteiger partial charge on any atom is -0.496 e. The Balaban J connectivity index is 2.10. The highest BCUT2D eigenvalue weighted by atomic mass is 35.5. The Hall–Kier alpha value is -1.73. The van der Waals surface area contributed by atoms with Crippen molar-refractivity contribution in [2.75, 3.05) is 7.11 Å². The van der Waals surface area contributed by atoms with Crippen LogP contribution in [0.15, 0.2) is 18.2 Å². The number of benzene rings is 1. The molecule has 1 fully saturated rings. The first-order chi connectivity index (χ1) is 9.63. The van der Waals surface area contributed by atoms with Crippen LogP contribution in [0.2, 0.25) is 5.02 Å². The van der Waals surface area contributed by atoms with Gasteiger partial charge >= 0.3 is 0 Å². The molecule has 0 aromatic heterocycles. The molecule has 0 spiro atoms. The Labute approximate surface area is 123 Å². The number of carbonyl (C=O) groups excluding carboxylic acids is 1. The summed E-state index contributed by atoms with van der Waals surface area (Å²) in [5, 5.41) is 12.6. The topological polar surface area (TPSA) is 62.1 Å². The number of amides is 1. The summed E-state index contributed by atoms with van der Waals surface area (Å²) in [4.78, 5) is 12.3. The van der Waals surface area contributed by atoms with Gasteiger partial charge in [-0.2, -0.15) is 5.26 Å². The predicted molar refractivity (Wildman–Crippen MR) is 76.4 cm³/mol. The van der Waals surface area contributed by atoms with Crippen molar-refractivity contribution >= 4 is 17.5 Å². The van der Waals surface area contributed by atoms with Crippen molar-refractivity contribution < 1.29 is 9.53 Å². The maximum Gasteiger partial charge on any atom is 0.240 e. The molecular weight excluding hydrogens is 276 g/mol. The normalized spacial score (nSPS) is 16.4. The SMILES string of the molecule is COc1cccc(Cl)c1CNC(=O)C1(C#N)CCCC1. The molecule has 1 aromatic rings. The van der Waals surface area contributed by atoms with Crippen LogP contribution in [-0.4, -0.2) is 13.0 Å². The fourth-order valence-electron chi connectivity index (χ4n) is 2.61. The Bertz CT molecular complexity index is 545. The fourth-order valence-corrected chi connectivity index (χ4v) is 2.84. The lowest BCUT2D eigenvalue weighted by molar-refractivity contribution is -0.128. The van der Waals surface area contributed by atoms with E-state index < -0.39 is 5.41 Å². The van der Waals surface area contributed by atoms with Gasteiger partial charge in [-0.1, -0.05) is 30.5 Å². The molecule has 4 nitrogen and oxygen atoms in total. The lowest BCUT2D eigenvalue weighted by Crippen LogP contribution is -2.37. The first kappa shape index (κ1) is 14.7. The number of hydrogen-bond donors (Lipinski definition) is 1. The minimum absolute atomic E-state index is 0.209. The Morgan fingerprint density at radius 1 is 1.50 bits per heavy atom. The molecule has 1 aromatic carbocycles. The molecule has 0 bridgehead atoms. The van der Waals surface area contributed by atoms with Crippen LogP contribution in [0.4, 0.5) is 0 Å². The van der Waals surface area contributed by atoms with Gasteiger partial charge in [0.1, 0.15) is 11.2 Å². The minimum atomic E-state index is -0.867. The third kappa shape index (κ3) is 2.73. The zero-order chi connectivity index (χ0) is 14.6. The molecule has 1 saturated carbocycles. The molecule has 1 aliphatic carbocycles. The molecule has 0 saturated heterocycles. The highest BCUT2D eigenvalue weighted by Crippen LogP contribution is 2.37. The van der Waals surface area contributed by atoms with Crippen LogP contribution in [0.1, 0.15) is 31.2 Å². The summed E-state index contributed by atoms with van der Waals surface area (Å²) >= 11 is 6.12. The van der Waals surface area contributed by atoms with Crippen molar-refractivity contribution in [3.05, 3.63) is 28.8 Å². The smallest absolute Gasteiger partial charge is 0.240 e. The molecule has 0 aliphatic heterocycles. The van der Waals surface area contributed by atoms with E-state index in [2.05, 4.69) is 11.4 Å². The largest absolute Gasteiger partial charge is 0.496 e. The molecule has 0 heterocycles. The standard InChI is InChI=1S/C15H17ClN2O2/c1-20-13-6-4-5-12(16)11(13)9-18-14(19)15(10-17)7-2-3-8-15/h4-6H,2-3,7-9H2,1H3,(H,18,19). The van der Waals surface area contributed by atoms with E-state index in [1.54, 1.807) is 25.3 Å². The van der Waals surface area contributed by atoms with Crippen LogP contribution in [-0.2, 0) is 11.3 Å². The molecule has 106 valence electrons. The lowest BCUT2D eigenvalue weighted by atomic mass is 9.87. The number of nitrogens with one attached hydrogen (secondary N) is 1. The van der Waals surface area contributed by atoms with Crippen LogP contribution in [0.5, 0.6) is 5.75 Å². The van der Waals surface area contributed by atoms with E-state index in [4.69, 9.17) is 16.3 Å². The fraction of sp³-hybridized carbons (Fsp3) is 0.467. The number of nitrogens with zero attached hydrogens (tertiary/aromatic N) is 1. The number of rotatable bonds is 4. The Morgan fingerprint density at radius 2 is 2.20 bits per heavy atom. The number of methoxy groups -OCH3 is 1. The predicted octanol–water partition coefficient (Wildman–Crippen LogP) is 3.05. The van der Waals surface area contributed by atoms with Gasteiger partial charge in [0.05, 0.1) is 13.2 Å².